The average Bonchev–Trinajstić information content (AvgIpc) is 2.51. The van der Waals surface area contributed by atoms with E-state index in [9.17, 15) is 4.79 Å². The minimum absolute atomic E-state index is 0.139. The van der Waals surface area contributed by atoms with Gasteiger partial charge in [-0.25, -0.2) is 0 Å². The van der Waals surface area contributed by atoms with Crippen LogP contribution in [0.25, 0.3) is 0 Å². The summed E-state index contributed by atoms with van der Waals surface area (Å²) in [5.74, 6) is 2.00. The molecular formula is C8H15NOS2. The number of likely N-dealkylation sites (N-methyl/N-ethyl adjacent to an activating group) is 1. The molecule has 1 saturated heterocycles. The van der Waals surface area contributed by atoms with Gasteiger partial charge in [-0.3, -0.25) is 9.69 Å². The number of hydrogen-bond donors (Lipinski definition) is 0. The normalized spacial score (nSPS) is 24.7. The number of carbonyl (C=O) groups is 1. The molecule has 0 aromatic heterocycles. The molecule has 70 valence electrons. The van der Waals surface area contributed by atoms with Crippen LogP contribution in [0.4, 0.5) is 0 Å². The van der Waals surface area contributed by atoms with Crippen LogP contribution in [0.15, 0.2) is 0 Å². The summed E-state index contributed by atoms with van der Waals surface area (Å²) >= 11 is 3.22. The second-order valence-corrected chi connectivity index (χ2v) is 5.06. The fourth-order valence-electron chi connectivity index (χ4n) is 1.26. The second-order valence-electron chi connectivity index (χ2n) is 2.60. The molecule has 1 heterocycles. The Bertz CT molecular complexity index is 163. The molecule has 0 amide bonds. The lowest BCUT2D eigenvalue weighted by molar-refractivity contribution is -0.112. The summed E-state index contributed by atoms with van der Waals surface area (Å²) in [5.41, 5.74) is 0. The summed E-state index contributed by atoms with van der Waals surface area (Å²) in [5, 5.41) is 0.474. The quantitative estimate of drug-likeness (QED) is 0.698. The van der Waals surface area contributed by atoms with Crippen molar-refractivity contribution in [3.8, 4) is 0 Å². The Labute approximate surface area is 82.5 Å². The highest BCUT2D eigenvalue weighted by Gasteiger charge is 2.29. The van der Waals surface area contributed by atoms with Gasteiger partial charge in [-0.2, -0.15) is 0 Å². The van der Waals surface area contributed by atoms with Gasteiger partial charge in [-0.15, -0.1) is 11.8 Å². The van der Waals surface area contributed by atoms with Gasteiger partial charge in [0.05, 0.1) is 0 Å². The minimum Gasteiger partial charge on any atom is -0.284 e. The molecule has 1 aliphatic heterocycles. The van der Waals surface area contributed by atoms with Crippen molar-refractivity contribution in [2.24, 2.45) is 0 Å². The summed E-state index contributed by atoms with van der Waals surface area (Å²) < 4.78 is 0. The number of hydrogen-bond acceptors (Lipinski definition) is 4. The highest BCUT2D eigenvalue weighted by molar-refractivity contribution is 8.16. The van der Waals surface area contributed by atoms with Crippen LogP contribution in [0.5, 0.6) is 0 Å². The summed E-state index contributed by atoms with van der Waals surface area (Å²) in [6.07, 6.45) is 0. The van der Waals surface area contributed by atoms with E-state index in [-0.39, 0.29) is 5.37 Å². The predicted octanol–water partition coefficient (Wildman–Crippen LogP) is 1.66. The molecule has 1 aliphatic rings. The van der Waals surface area contributed by atoms with Crippen LogP contribution in [-0.4, -0.2) is 40.0 Å². The van der Waals surface area contributed by atoms with E-state index in [0.29, 0.717) is 5.12 Å². The maximum Gasteiger partial charge on any atom is 0.216 e. The molecule has 1 rings (SSSR count). The summed E-state index contributed by atoms with van der Waals surface area (Å²) in [6, 6.07) is 0. The molecule has 12 heavy (non-hydrogen) atoms. The van der Waals surface area contributed by atoms with Crippen molar-refractivity contribution in [2.45, 2.75) is 19.2 Å². The summed E-state index contributed by atoms with van der Waals surface area (Å²) in [4.78, 5) is 13.8. The van der Waals surface area contributed by atoms with E-state index in [1.807, 2.05) is 6.92 Å². The number of rotatable bonds is 3. The Morgan fingerprint density at radius 1 is 1.67 bits per heavy atom. The maximum atomic E-state index is 11.5. The van der Waals surface area contributed by atoms with Crippen molar-refractivity contribution in [1.82, 2.24) is 4.90 Å². The molecule has 0 aromatic rings. The molecule has 0 aliphatic carbocycles. The SMILES string of the molecule is CCSC(=O)C1SCCN1CC. The van der Waals surface area contributed by atoms with Crippen LogP contribution < -0.4 is 0 Å². The van der Waals surface area contributed by atoms with Gasteiger partial charge < -0.3 is 0 Å². The third kappa shape index (κ3) is 2.41. The van der Waals surface area contributed by atoms with Gasteiger partial charge in [0.2, 0.25) is 5.12 Å². The first kappa shape index (κ1) is 10.4. The first-order chi connectivity index (χ1) is 5.79. The van der Waals surface area contributed by atoms with E-state index in [1.54, 1.807) is 11.8 Å². The smallest absolute Gasteiger partial charge is 0.216 e. The molecule has 2 nitrogen and oxygen atoms in total. The van der Waals surface area contributed by atoms with Crippen molar-refractivity contribution >= 4 is 28.6 Å². The lowest BCUT2D eigenvalue weighted by atomic mass is 10.5. The van der Waals surface area contributed by atoms with Crippen molar-refractivity contribution in [1.29, 1.82) is 0 Å². The molecule has 1 unspecified atom stereocenters. The highest BCUT2D eigenvalue weighted by Crippen LogP contribution is 2.27. The third-order valence-corrected chi connectivity index (χ3v) is 4.07. The van der Waals surface area contributed by atoms with E-state index >= 15 is 0 Å². The zero-order chi connectivity index (χ0) is 8.97. The minimum atomic E-state index is 0.139. The standard InChI is InChI=1S/C8H15NOS2/c1-3-9-5-6-12-7(9)8(10)11-4-2/h7H,3-6H2,1-2H3. The molecule has 1 atom stereocenters. The Balaban J connectivity index is 2.43. The summed E-state index contributed by atoms with van der Waals surface area (Å²) in [7, 11) is 0. The van der Waals surface area contributed by atoms with Crippen molar-refractivity contribution in [3.05, 3.63) is 0 Å². The zero-order valence-electron chi connectivity index (χ0n) is 7.58. The largest absolute Gasteiger partial charge is 0.284 e. The molecule has 4 heteroatoms. The van der Waals surface area contributed by atoms with Crippen LogP contribution in [0.3, 0.4) is 0 Å². The van der Waals surface area contributed by atoms with Crippen molar-refractivity contribution in [3.63, 3.8) is 0 Å². The molecule has 1 fully saturated rings. The van der Waals surface area contributed by atoms with Gasteiger partial charge in [0, 0.05) is 12.3 Å². The first-order valence-electron chi connectivity index (χ1n) is 4.31. The van der Waals surface area contributed by atoms with Crippen molar-refractivity contribution in [2.75, 3.05) is 24.6 Å². The van der Waals surface area contributed by atoms with E-state index in [4.69, 9.17) is 0 Å². The molecule has 0 radical (unpaired) electrons. The van der Waals surface area contributed by atoms with Crippen LogP contribution >= 0.6 is 23.5 Å². The second kappa shape index (κ2) is 5.14. The van der Waals surface area contributed by atoms with Gasteiger partial charge in [0.25, 0.3) is 0 Å². The van der Waals surface area contributed by atoms with E-state index < -0.39 is 0 Å². The van der Waals surface area contributed by atoms with Gasteiger partial charge >= 0.3 is 0 Å². The van der Waals surface area contributed by atoms with E-state index in [2.05, 4.69) is 11.8 Å². The number of nitrogens with zero attached hydrogens (tertiary/aromatic N) is 1. The number of carbonyl (C=O) groups excluding carboxylic acids is 1. The first-order valence-corrected chi connectivity index (χ1v) is 6.35. The van der Waals surface area contributed by atoms with Crippen LogP contribution in [0.2, 0.25) is 0 Å². The lowest BCUT2D eigenvalue weighted by Gasteiger charge is -2.19. The number of thioether (sulfide) groups is 2. The lowest BCUT2D eigenvalue weighted by Crippen LogP contribution is -2.33. The van der Waals surface area contributed by atoms with Gasteiger partial charge in [-0.05, 0) is 12.3 Å². The topological polar surface area (TPSA) is 20.3 Å². The maximum absolute atomic E-state index is 11.5. The fraction of sp³-hybridized carbons (Fsp3) is 0.875. The molecule has 0 aromatic carbocycles. The van der Waals surface area contributed by atoms with Gasteiger partial charge in [0.1, 0.15) is 5.37 Å². The van der Waals surface area contributed by atoms with Crippen LogP contribution in [-0.2, 0) is 4.79 Å². The van der Waals surface area contributed by atoms with Crippen LogP contribution in [0.1, 0.15) is 13.8 Å². The van der Waals surface area contributed by atoms with E-state index in [0.717, 1.165) is 24.6 Å². The van der Waals surface area contributed by atoms with Crippen molar-refractivity contribution < 1.29 is 4.79 Å². The molecular weight excluding hydrogens is 190 g/mol. The van der Waals surface area contributed by atoms with E-state index in [1.165, 1.54) is 11.8 Å². The zero-order valence-corrected chi connectivity index (χ0v) is 9.21. The predicted molar refractivity (Wildman–Crippen MR) is 56.6 cm³/mol. The Kier molecular flexibility index (Phi) is 4.46. The monoisotopic (exact) mass is 205 g/mol. The Hall–Kier alpha value is 0.330. The van der Waals surface area contributed by atoms with Gasteiger partial charge in [0.15, 0.2) is 0 Å². The average molecular weight is 205 g/mol. The third-order valence-electron chi connectivity index (χ3n) is 1.88. The molecule has 0 spiro atoms. The summed E-state index contributed by atoms with van der Waals surface area (Å²) in [6.45, 7) is 6.21. The molecule has 0 bridgehead atoms. The molecule has 0 saturated carbocycles. The highest BCUT2D eigenvalue weighted by atomic mass is 32.2. The Morgan fingerprint density at radius 2 is 2.42 bits per heavy atom. The van der Waals surface area contributed by atoms with Gasteiger partial charge in [-0.1, -0.05) is 25.6 Å². The molecule has 0 N–H and O–H groups in total. The van der Waals surface area contributed by atoms with Crippen LogP contribution in [0, 0.1) is 0 Å². The Morgan fingerprint density at radius 3 is 3.00 bits per heavy atom. The fourth-order valence-corrected chi connectivity index (χ4v) is 3.41.